The lowest BCUT2D eigenvalue weighted by atomic mass is 9.97. The summed E-state index contributed by atoms with van der Waals surface area (Å²) in [6, 6.07) is 3.79. The Morgan fingerprint density at radius 3 is 2.53 bits per heavy atom. The van der Waals surface area contributed by atoms with Crippen LogP contribution in [-0.4, -0.2) is 45.9 Å². The quantitative estimate of drug-likeness (QED) is 0.280. The Kier molecular flexibility index (Phi) is 13.4. The van der Waals surface area contributed by atoms with Crippen molar-refractivity contribution in [3.8, 4) is 0 Å². The van der Waals surface area contributed by atoms with E-state index >= 15 is 0 Å². The minimum Gasteiger partial charge on any atom is -0.481 e. The van der Waals surface area contributed by atoms with Crippen molar-refractivity contribution in [1.82, 2.24) is 15.2 Å². The number of carboxylic acid groups (broad SMARTS) is 1. The summed E-state index contributed by atoms with van der Waals surface area (Å²) >= 11 is 0. The molecular formula is C25H37N3O4. The number of rotatable bonds is 17. The fraction of sp³-hybridized carbons (Fsp3) is 0.520. The van der Waals surface area contributed by atoms with E-state index in [-0.39, 0.29) is 24.2 Å². The third-order valence-electron chi connectivity index (χ3n) is 5.19. The number of aliphatic carboxylic acids is 1. The normalized spacial score (nSPS) is 12.4. The molecule has 2 atom stereocenters. The largest absolute Gasteiger partial charge is 0.481 e. The summed E-state index contributed by atoms with van der Waals surface area (Å²) in [5, 5.41) is 11.9. The maximum atomic E-state index is 12.9. The van der Waals surface area contributed by atoms with Crippen LogP contribution in [-0.2, 0) is 20.9 Å². The third kappa shape index (κ3) is 11.4. The van der Waals surface area contributed by atoms with Crippen LogP contribution in [0.25, 0.3) is 0 Å². The summed E-state index contributed by atoms with van der Waals surface area (Å²) < 4.78 is 0. The molecule has 2 N–H and O–H groups in total. The summed E-state index contributed by atoms with van der Waals surface area (Å²) in [6.07, 6.45) is 10.8. The van der Waals surface area contributed by atoms with E-state index in [4.69, 9.17) is 5.11 Å². The third-order valence-corrected chi connectivity index (χ3v) is 5.19. The predicted molar refractivity (Wildman–Crippen MR) is 126 cm³/mol. The van der Waals surface area contributed by atoms with E-state index in [9.17, 15) is 14.4 Å². The van der Waals surface area contributed by atoms with Crippen LogP contribution in [0.1, 0.15) is 57.4 Å². The zero-order valence-electron chi connectivity index (χ0n) is 19.2. The lowest BCUT2D eigenvalue weighted by molar-refractivity contribution is -0.141. The molecule has 7 nitrogen and oxygen atoms in total. The van der Waals surface area contributed by atoms with Crippen molar-refractivity contribution in [1.29, 1.82) is 0 Å². The Hall–Kier alpha value is -2.96. The number of pyridine rings is 1. The fourth-order valence-corrected chi connectivity index (χ4v) is 3.39. The molecule has 0 bridgehead atoms. The van der Waals surface area contributed by atoms with Crippen molar-refractivity contribution in [2.45, 2.75) is 58.4 Å². The highest BCUT2D eigenvalue weighted by atomic mass is 16.4. The molecule has 0 aliphatic heterocycles. The highest BCUT2D eigenvalue weighted by Gasteiger charge is 2.22. The van der Waals surface area contributed by atoms with Crippen LogP contribution in [0.4, 0.5) is 0 Å². The second-order valence-corrected chi connectivity index (χ2v) is 8.18. The smallest absolute Gasteiger partial charge is 0.304 e. The molecule has 1 aromatic rings. The first-order valence-electron chi connectivity index (χ1n) is 11.2. The summed E-state index contributed by atoms with van der Waals surface area (Å²) in [6.45, 7) is 10.7. The van der Waals surface area contributed by atoms with Crippen molar-refractivity contribution in [2.75, 3.05) is 13.1 Å². The first-order chi connectivity index (χ1) is 15.4. The Morgan fingerprint density at radius 1 is 1.19 bits per heavy atom. The first-order valence-corrected chi connectivity index (χ1v) is 11.2. The van der Waals surface area contributed by atoms with Gasteiger partial charge in [-0.15, -0.1) is 13.2 Å². The van der Waals surface area contributed by atoms with E-state index in [2.05, 4.69) is 23.5 Å². The molecule has 1 aromatic heterocycles. The summed E-state index contributed by atoms with van der Waals surface area (Å²) in [7, 11) is 0. The standard InChI is InChI=1S/C25H37N3O4/c1-4-6-8-12-22(16-24(30)31)25(32)27-17-20(3)15-23(29)28(14-9-7-5-2)19-21-11-10-13-26-18-21/h4-5,10-11,13,18,20,22H,1-2,6-9,12,14-17,19H2,3H3,(H,27,32)(H,30,31)/t20-,22+/m0/s1. The van der Waals surface area contributed by atoms with Crippen LogP contribution in [0.15, 0.2) is 49.8 Å². The van der Waals surface area contributed by atoms with Gasteiger partial charge in [0.15, 0.2) is 0 Å². The molecule has 176 valence electrons. The van der Waals surface area contributed by atoms with Crippen LogP contribution in [0, 0.1) is 11.8 Å². The van der Waals surface area contributed by atoms with Gasteiger partial charge in [0.25, 0.3) is 0 Å². The number of hydrogen-bond donors (Lipinski definition) is 2. The Labute approximate surface area is 191 Å². The van der Waals surface area contributed by atoms with Crippen molar-refractivity contribution in [2.24, 2.45) is 11.8 Å². The fourth-order valence-electron chi connectivity index (χ4n) is 3.39. The first kappa shape index (κ1) is 27.1. The van der Waals surface area contributed by atoms with E-state index in [1.54, 1.807) is 18.5 Å². The van der Waals surface area contributed by atoms with Crippen LogP contribution in [0.3, 0.4) is 0 Å². The number of nitrogens with zero attached hydrogens (tertiary/aromatic N) is 2. The Morgan fingerprint density at radius 2 is 1.91 bits per heavy atom. The number of unbranched alkanes of at least 4 members (excludes halogenated alkanes) is 2. The summed E-state index contributed by atoms with van der Waals surface area (Å²) in [5.74, 6) is -1.88. The van der Waals surface area contributed by atoms with Crippen LogP contribution in [0.2, 0.25) is 0 Å². The number of aromatic nitrogens is 1. The van der Waals surface area contributed by atoms with Gasteiger partial charge < -0.3 is 15.3 Å². The SMILES string of the molecule is C=CCCC[C@H](CC(=O)O)C(=O)NC[C@@H](C)CC(=O)N(CCCC=C)Cc1cccnc1. The lowest BCUT2D eigenvalue weighted by Crippen LogP contribution is -2.37. The predicted octanol–water partition coefficient (Wildman–Crippen LogP) is 3.97. The average molecular weight is 444 g/mol. The summed E-state index contributed by atoms with van der Waals surface area (Å²) in [4.78, 5) is 42.5. The number of carbonyl (C=O) groups is 3. The van der Waals surface area contributed by atoms with Gasteiger partial charge in [0.2, 0.25) is 11.8 Å². The van der Waals surface area contributed by atoms with Crippen molar-refractivity contribution >= 4 is 17.8 Å². The molecule has 0 spiro atoms. The molecular weight excluding hydrogens is 406 g/mol. The van der Waals surface area contributed by atoms with Gasteiger partial charge in [-0.05, 0) is 49.7 Å². The van der Waals surface area contributed by atoms with Gasteiger partial charge in [-0.3, -0.25) is 19.4 Å². The van der Waals surface area contributed by atoms with Gasteiger partial charge in [0, 0.05) is 44.4 Å². The molecule has 0 aliphatic rings. The van der Waals surface area contributed by atoms with Crippen LogP contribution < -0.4 is 5.32 Å². The monoisotopic (exact) mass is 443 g/mol. The number of carboxylic acids is 1. The van der Waals surface area contributed by atoms with Crippen molar-refractivity contribution in [3.05, 3.63) is 55.4 Å². The number of allylic oxidation sites excluding steroid dienone is 2. The molecule has 7 heteroatoms. The molecule has 0 unspecified atom stereocenters. The van der Waals surface area contributed by atoms with Gasteiger partial charge in [0.05, 0.1) is 6.42 Å². The van der Waals surface area contributed by atoms with Crippen LogP contribution in [0.5, 0.6) is 0 Å². The molecule has 0 saturated heterocycles. The van der Waals surface area contributed by atoms with E-state index in [0.29, 0.717) is 32.5 Å². The van der Waals surface area contributed by atoms with E-state index in [0.717, 1.165) is 31.2 Å². The number of hydrogen-bond acceptors (Lipinski definition) is 4. The molecule has 1 rings (SSSR count). The molecule has 0 aromatic carbocycles. The lowest BCUT2D eigenvalue weighted by Gasteiger charge is -2.25. The van der Waals surface area contributed by atoms with Gasteiger partial charge in [-0.2, -0.15) is 0 Å². The Bertz CT molecular complexity index is 736. The second kappa shape index (κ2) is 15.8. The second-order valence-electron chi connectivity index (χ2n) is 8.18. The number of amides is 2. The highest BCUT2D eigenvalue weighted by molar-refractivity contribution is 5.83. The van der Waals surface area contributed by atoms with E-state index in [1.807, 2.05) is 30.0 Å². The number of carbonyl (C=O) groups excluding carboxylic acids is 2. The highest BCUT2D eigenvalue weighted by Crippen LogP contribution is 2.15. The van der Waals surface area contributed by atoms with Gasteiger partial charge >= 0.3 is 5.97 Å². The Balaban J connectivity index is 2.61. The van der Waals surface area contributed by atoms with Gasteiger partial charge in [0.1, 0.15) is 0 Å². The minimum atomic E-state index is -0.988. The average Bonchev–Trinajstić information content (AvgIpc) is 2.76. The zero-order valence-corrected chi connectivity index (χ0v) is 19.2. The molecule has 2 amide bonds. The maximum Gasteiger partial charge on any atom is 0.304 e. The molecule has 0 fully saturated rings. The molecule has 0 saturated carbocycles. The maximum absolute atomic E-state index is 12.9. The number of nitrogens with one attached hydrogen (secondary N) is 1. The van der Waals surface area contributed by atoms with Gasteiger partial charge in [-0.1, -0.05) is 25.1 Å². The van der Waals surface area contributed by atoms with E-state index in [1.165, 1.54) is 0 Å². The van der Waals surface area contributed by atoms with E-state index < -0.39 is 11.9 Å². The minimum absolute atomic E-state index is 0.0210. The summed E-state index contributed by atoms with van der Waals surface area (Å²) in [5.41, 5.74) is 0.969. The van der Waals surface area contributed by atoms with Gasteiger partial charge in [-0.25, -0.2) is 0 Å². The van der Waals surface area contributed by atoms with Crippen LogP contribution >= 0.6 is 0 Å². The molecule has 0 aliphatic carbocycles. The topological polar surface area (TPSA) is 99.6 Å². The molecule has 32 heavy (non-hydrogen) atoms. The molecule has 1 heterocycles. The van der Waals surface area contributed by atoms with Crippen molar-refractivity contribution in [3.63, 3.8) is 0 Å². The van der Waals surface area contributed by atoms with Crippen molar-refractivity contribution < 1.29 is 19.5 Å². The zero-order chi connectivity index (χ0) is 23.8. The molecule has 0 radical (unpaired) electrons.